The van der Waals surface area contributed by atoms with Gasteiger partial charge in [0.25, 0.3) is 0 Å². The average Bonchev–Trinajstić information content (AvgIpc) is 3.35. The summed E-state index contributed by atoms with van der Waals surface area (Å²) in [6.07, 6.45) is 1.61. The third-order valence-corrected chi connectivity index (χ3v) is 6.10. The summed E-state index contributed by atoms with van der Waals surface area (Å²) >= 11 is 1.31. The van der Waals surface area contributed by atoms with Crippen LogP contribution in [0.4, 0.5) is 5.00 Å². The molecule has 0 saturated carbocycles. The summed E-state index contributed by atoms with van der Waals surface area (Å²) in [7, 11) is 0. The Balaban J connectivity index is 1.74. The van der Waals surface area contributed by atoms with Gasteiger partial charge in [-0.1, -0.05) is 0 Å². The molecule has 0 spiro atoms. The highest BCUT2D eigenvalue weighted by atomic mass is 32.1. The smallest absolute Gasteiger partial charge is 0.341 e. The van der Waals surface area contributed by atoms with E-state index in [0.717, 1.165) is 27.6 Å². The number of furan rings is 1. The van der Waals surface area contributed by atoms with Crippen LogP contribution in [0.25, 0.3) is 0 Å². The van der Waals surface area contributed by atoms with Crippen molar-refractivity contribution in [3.8, 4) is 0 Å². The minimum absolute atomic E-state index is 0.273. The SMILES string of the molecule is CC(=O)Nc1sc(C)c(C)c1C(=O)OCC(=O)c1cc(C)n(Cc2ccco2)c1C. The Morgan fingerprint density at radius 1 is 1.20 bits per heavy atom. The van der Waals surface area contributed by atoms with E-state index in [0.29, 0.717) is 22.7 Å². The van der Waals surface area contributed by atoms with Crippen LogP contribution in [0, 0.1) is 27.7 Å². The number of Topliss-reactive ketones (excluding diaryl/α,β-unsaturated/α-hetero) is 1. The van der Waals surface area contributed by atoms with Crippen molar-refractivity contribution in [1.82, 2.24) is 4.57 Å². The van der Waals surface area contributed by atoms with E-state index in [1.807, 2.05) is 37.5 Å². The van der Waals surface area contributed by atoms with Gasteiger partial charge in [-0.05, 0) is 51.5 Å². The van der Waals surface area contributed by atoms with Gasteiger partial charge in [0.05, 0.1) is 18.4 Å². The van der Waals surface area contributed by atoms with Gasteiger partial charge in [-0.15, -0.1) is 11.3 Å². The molecule has 1 N–H and O–H groups in total. The first-order valence-electron chi connectivity index (χ1n) is 9.46. The lowest BCUT2D eigenvalue weighted by molar-refractivity contribution is -0.114. The first-order chi connectivity index (χ1) is 14.2. The van der Waals surface area contributed by atoms with Gasteiger partial charge >= 0.3 is 5.97 Å². The zero-order valence-electron chi connectivity index (χ0n) is 17.6. The van der Waals surface area contributed by atoms with Crippen molar-refractivity contribution < 1.29 is 23.5 Å². The Morgan fingerprint density at radius 2 is 1.93 bits per heavy atom. The molecule has 0 aliphatic rings. The third kappa shape index (κ3) is 4.38. The van der Waals surface area contributed by atoms with Crippen LogP contribution in [-0.4, -0.2) is 28.8 Å². The number of hydrogen-bond acceptors (Lipinski definition) is 6. The number of rotatable bonds is 7. The van der Waals surface area contributed by atoms with Crippen LogP contribution in [0.2, 0.25) is 0 Å². The third-order valence-electron chi connectivity index (χ3n) is 4.98. The van der Waals surface area contributed by atoms with E-state index in [1.54, 1.807) is 19.3 Å². The number of ether oxygens (including phenoxy) is 1. The van der Waals surface area contributed by atoms with Crippen molar-refractivity contribution in [2.24, 2.45) is 0 Å². The van der Waals surface area contributed by atoms with E-state index in [-0.39, 0.29) is 18.3 Å². The van der Waals surface area contributed by atoms with Crippen LogP contribution < -0.4 is 5.32 Å². The van der Waals surface area contributed by atoms with Gasteiger partial charge in [-0.3, -0.25) is 9.59 Å². The van der Waals surface area contributed by atoms with Gasteiger partial charge in [0.15, 0.2) is 6.61 Å². The van der Waals surface area contributed by atoms with Crippen LogP contribution >= 0.6 is 11.3 Å². The number of nitrogens with one attached hydrogen (secondary N) is 1. The maximum atomic E-state index is 12.7. The van der Waals surface area contributed by atoms with Crippen molar-refractivity contribution >= 4 is 34.0 Å². The highest BCUT2D eigenvalue weighted by molar-refractivity contribution is 7.16. The number of aryl methyl sites for hydroxylation is 2. The number of carbonyl (C=O) groups is 3. The monoisotopic (exact) mass is 428 g/mol. The van der Waals surface area contributed by atoms with Crippen LogP contribution in [0.5, 0.6) is 0 Å². The number of nitrogens with zero attached hydrogens (tertiary/aromatic N) is 1. The van der Waals surface area contributed by atoms with Crippen molar-refractivity contribution in [1.29, 1.82) is 0 Å². The first-order valence-corrected chi connectivity index (χ1v) is 10.3. The molecule has 0 aliphatic heterocycles. The molecule has 158 valence electrons. The van der Waals surface area contributed by atoms with Crippen molar-refractivity contribution in [2.75, 3.05) is 11.9 Å². The molecule has 0 atom stereocenters. The Hall–Kier alpha value is -3.13. The minimum Gasteiger partial charge on any atom is -0.467 e. The Kier molecular flexibility index (Phi) is 6.26. The van der Waals surface area contributed by atoms with Crippen molar-refractivity contribution in [3.05, 3.63) is 63.2 Å². The Morgan fingerprint density at radius 3 is 2.57 bits per heavy atom. The molecule has 1 amide bonds. The van der Waals surface area contributed by atoms with Gasteiger partial charge in [-0.2, -0.15) is 0 Å². The molecule has 0 saturated heterocycles. The lowest BCUT2D eigenvalue weighted by atomic mass is 10.1. The number of esters is 1. The quantitative estimate of drug-likeness (QED) is 0.444. The number of thiophene rings is 1. The van der Waals surface area contributed by atoms with Gasteiger partial charge in [0, 0.05) is 28.8 Å². The average molecular weight is 429 g/mol. The van der Waals surface area contributed by atoms with Crippen LogP contribution in [0.3, 0.4) is 0 Å². The van der Waals surface area contributed by atoms with E-state index >= 15 is 0 Å². The largest absolute Gasteiger partial charge is 0.467 e. The molecule has 3 aromatic rings. The molecule has 3 rings (SSSR count). The summed E-state index contributed by atoms with van der Waals surface area (Å²) in [6, 6.07) is 5.48. The highest BCUT2D eigenvalue weighted by Crippen LogP contribution is 2.33. The van der Waals surface area contributed by atoms with E-state index in [2.05, 4.69) is 5.32 Å². The summed E-state index contributed by atoms with van der Waals surface area (Å²) < 4.78 is 12.7. The molecule has 0 fully saturated rings. The van der Waals surface area contributed by atoms with Crippen LogP contribution in [0.15, 0.2) is 28.9 Å². The second-order valence-corrected chi connectivity index (χ2v) is 8.34. The van der Waals surface area contributed by atoms with Crippen molar-refractivity contribution in [3.63, 3.8) is 0 Å². The second kappa shape index (κ2) is 8.71. The number of anilines is 1. The standard InChI is InChI=1S/C22H24N2O5S/c1-12-9-18(14(3)24(12)10-17-7-6-8-28-17)19(26)11-29-22(27)20-13(2)15(4)30-21(20)23-16(5)25/h6-9H,10-11H2,1-5H3,(H,23,25). The molecule has 0 aliphatic carbocycles. The zero-order chi connectivity index (χ0) is 22.0. The van der Waals surface area contributed by atoms with E-state index in [1.165, 1.54) is 18.3 Å². The first kappa shape index (κ1) is 21.6. The van der Waals surface area contributed by atoms with Crippen LogP contribution in [-0.2, 0) is 16.1 Å². The maximum absolute atomic E-state index is 12.7. The topological polar surface area (TPSA) is 90.5 Å². The fourth-order valence-corrected chi connectivity index (χ4v) is 4.38. The fourth-order valence-electron chi connectivity index (χ4n) is 3.29. The summed E-state index contributed by atoms with van der Waals surface area (Å²) in [5.41, 5.74) is 3.23. The van der Waals surface area contributed by atoms with Gasteiger partial charge in [0.2, 0.25) is 11.7 Å². The minimum atomic E-state index is -0.627. The van der Waals surface area contributed by atoms with Gasteiger partial charge in [-0.25, -0.2) is 4.79 Å². The summed E-state index contributed by atoms with van der Waals surface area (Å²) in [4.78, 5) is 37.7. The molecule has 0 bridgehead atoms. The zero-order valence-corrected chi connectivity index (χ0v) is 18.4. The molecule has 0 unspecified atom stereocenters. The Labute approximate surface area is 178 Å². The molecule has 0 radical (unpaired) electrons. The molecule has 30 heavy (non-hydrogen) atoms. The maximum Gasteiger partial charge on any atom is 0.341 e. The number of amides is 1. The van der Waals surface area contributed by atoms with E-state index in [4.69, 9.17) is 9.15 Å². The molecule has 3 aromatic heterocycles. The molecule has 3 heterocycles. The predicted octanol–water partition coefficient (Wildman–Crippen LogP) is 4.42. The molecule has 7 nitrogen and oxygen atoms in total. The number of carbonyl (C=O) groups excluding carboxylic acids is 3. The molecule has 0 aromatic carbocycles. The van der Waals surface area contributed by atoms with E-state index in [9.17, 15) is 14.4 Å². The van der Waals surface area contributed by atoms with Gasteiger partial charge in [0.1, 0.15) is 10.8 Å². The lowest BCUT2D eigenvalue weighted by Gasteiger charge is -2.09. The normalized spacial score (nSPS) is 10.8. The molecule has 8 heteroatoms. The number of hydrogen-bond donors (Lipinski definition) is 1. The summed E-state index contributed by atoms with van der Waals surface area (Å²) in [5.74, 6) is -0.396. The van der Waals surface area contributed by atoms with E-state index < -0.39 is 5.97 Å². The molecular formula is C22H24N2O5S. The fraction of sp³-hybridized carbons (Fsp3) is 0.318. The molecular weight excluding hydrogens is 404 g/mol. The van der Waals surface area contributed by atoms with Crippen LogP contribution in [0.1, 0.15) is 55.2 Å². The summed E-state index contributed by atoms with van der Waals surface area (Å²) in [6.45, 7) is 8.94. The lowest BCUT2D eigenvalue weighted by Crippen LogP contribution is -2.17. The van der Waals surface area contributed by atoms with Crippen molar-refractivity contribution in [2.45, 2.75) is 41.2 Å². The number of ketones is 1. The summed E-state index contributed by atoms with van der Waals surface area (Å²) in [5, 5.41) is 3.09. The van der Waals surface area contributed by atoms with Gasteiger partial charge < -0.3 is 19.0 Å². The number of aromatic nitrogens is 1. The highest BCUT2D eigenvalue weighted by Gasteiger charge is 2.24. The second-order valence-electron chi connectivity index (χ2n) is 7.12. The predicted molar refractivity (Wildman–Crippen MR) is 114 cm³/mol. The Bertz CT molecular complexity index is 1110.